The van der Waals surface area contributed by atoms with Gasteiger partial charge in [-0.25, -0.2) is 4.39 Å². The number of piperazine rings is 1. The van der Waals surface area contributed by atoms with Crippen LogP contribution in [0.1, 0.15) is 6.92 Å². The second-order valence-electron chi connectivity index (χ2n) is 7.28. The molecule has 6 nitrogen and oxygen atoms in total. The zero-order chi connectivity index (χ0) is 20.8. The van der Waals surface area contributed by atoms with Gasteiger partial charge in [-0.2, -0.15) is 0 Å². The highest BCUT2D eigenvalue weighted by Crippen LogP contribution is 2.15. The quantitative estimate of drug-likeness (QED) is 0.812. The van der Waals surface area contributed by atoms with Gasteiger partial charge in [0.2, 0.25) is 11.8 Å². The molecule has 2 amide bonds. The molecule has 2 aromatic rings. The molecule has 1 atom stereocenters. The number of carbonyl (C=O) groups is 2. The van der Waals surface area contributed by atoms with E-state index in [0.717, 1.165) is 18.8 Å². The molecule has 1 N–H and O–H groups in total. The van der Waals surface area contributed by atoms with Gasteiger partial charge in [-0.05, 0) is 43.3 Å². The number of benzene rings is 2. The van der Waals surface area contributed by atoms with Crippen LogP contribution in [0.15, 0.2) is 54.6 Å². The van der Waals surface area contributed by atoms with E-state index in [2.05, 4.69) is 15.1 Å². The Morgan fingerprint density at radius 3 is 2.28 bits per heavy atom. The van der Waals surface area contributed by atoms with Crippen molar-refractivity contribution in [3.05, 3.63) is 60.4 Å². The summed E-state index contributed by atoms with van der Waals surface area (Å²) in [6.45, 7) is 5.07. The van der Waals surface area contributed by atoms with Crippen LogP contribution in [0.2, 0.25) is 0 Å². The molecular formula is C22H27FN4O2. The maximum absolute atomic E-state index is 12.9. The summed E-state index contributed by atoms with van der Waals surface area (Å²) in [5, 5.41) is 2.78. The predicted molar refractivity (Wildman–Crippen MR) is 112 cm³/mol. The molecule has 29 heavy (non-hydrogen) atoms. The molecule has 154 valence electrons. The number of anilines is 2. The summed E-state index contributed by atoms with van der Waals surface area (Å²) in [5.41, 5.74) is 1.46. The number of likely N-dealkylation sites (N-methyl/N-ethyl adjacent to an activating group) is 1. The van der Waals surface area contributed by atoms with E-state index in [1.807, 2.05) is 37.3 Å². The van der Waals surface area contributed by atoms with Crippen molar-refractivity contribution in [3.63, 3.8) is 0 Å². The third-order valence-corrected chi connectivity index (χ3v) is 5.28. The predicted octanol–water partition coefficient (Wildman–Crippen LogP) is 2.43. The van der Waals surface area contributed by atoms with Gasteiger partial charge in [0.15, 0.2) is 0 Å². The highest BCUT2D eigenvalue weighted by molar-refractivity contribution is 5.96. The molecule has 0 saturated carbocycles. The minimum Gasteiger partial charge on any atom is -0.325 e. The summed E-state index contributed by atoms with van der Waals surface area (Å²) < 4.78 is 12.9. The van der Waals surface area contributed by atoms with Crippen LogP contribution in [0, 0.1) is 5.82 Å². The molecular weight excluding hydrogens is 371 g/mol. The van der Waals surface area contributed by atoms with Crippen molar-refractivity contribution in [2.45, 2.75) is 13.0 Å². The van der Waals surface area contributed by atoms with E-state index in [9.17, 15) is 14.0 Å². The van der Waals surface area contributed by atoms with E-state index in [4.69, 9.17) is 0 Å². The fourth-order valence-corrected chi connectivity index (χ4v) is 3.46. The Kier molecular flexibility index (Phi) is 6.95. The lowest BCUT2D eigenvalue weighted by Gasteiger charge is -2.38. The van der Waals surface area contributed by atoms with Gasteiger partial charge in [0, 0.05) is 44.6 Å². The normalized spacial score (nSPS) is 16.2. The lowest BCUT2D eigenvalue weighted by Crippen LogP contribution is -2.55. The van der Waals surface area contributed by atoms with Gasteiger partial charge in [0.05, 0.1) is 12.6 Å². The third kappa shape index (κ3) is 5.62. The van der Waals surface area contributed by atoms with Gasteiger partial charge in [-0.1, -0.05) is 18.2 Å². The van der Waals surface area contributed by atoms with Crippen molar-refractivity contribution in [2.24, 2.45) is 0 Å². The van der Waals surface area contributed by atoms with Crippen molar-refractivity contribution in [2.75, 3.05) is 50.0 Å². The van der Waals surface area contributed by atoms with Crippen LogP contribution in [0.4, 0.5) is 15.8 Å². The number of para-hydroxylation sites is 1. The zero-order valence-corrected chi connectivity index (χ0v) is 16.8. The molecule has 7 heteroatoms. The minimum absolute atomic E-state index is 0.0544. The first-order valence-corrected chi connectivity index (χ1v) is 9.78. The number of nitrogens with zero attached hydrogens (tertiary/aromatic N) is 3. The van der Waals surface area contributed by atoms with E-state index >= 15 is 0 Å². The Morgan fingerprint density at radius 2 is 1.66 bits per heavy atom. The Balaban J connectivity index is 1.46. The van der Waals surface area contributed by atoms with Crippen LogP contribution >= 0.6 is 0 Å². The molecule has 1 aliphatic rings. The lowest BCUT2D eigenvalue weighted by atomic mass is 10.2. The molecule has 0 aromatic heterocycles. The second-order valence-corrected chi connectivity index (χ2v) is 7.28. The first-order chi connectivity index (χ1) is 13.9. The number of rotatable bonds is 6. The molecule has 2 aromatic carbocycles. The van der Waals surface area contributed by atoms with Crippen LogP contribution in [0.3, 0.4) is 0 Å². The maximum Gasteiger partial charge on any atom is 0.243 e. The summed E-state index contributed by atoms with van der Waals surface area (Å²) in [6, 6.07) is 15.1. The largest absolute Gasteiger partial charge is 0.325 e. The van der Waals surface area contributed by atoms with Crippen molar-refractivity contribution < 1.29 is 14.0 Å². The second kappa shape index (κ2) is 9.62. The van der Waals surface area contributed by atoms with Gasteiger partial charge in [0.25, 0.3) is 0 Å². The SMILES string of the molecule is C[C@H](C(=O)N(C)c1ccccc1)N1CCN(CC(=O)Nc2ccc(F)cc2)CC1. The Labute approximate surface area is 170 Å². The van der Waals surface area contributed by atoms with Gasteiger partial charge < -0.3 is 10.2 Å². The average Bonchev–Trinajstić information content (AvgIpc) is 2.75. The standard InChI is InChI=1S/C22H27FN4O2/c1-17(22(29)25(2)20-6-4-3-5-7-20)27-14-12-26(13-15-27)16-21(28)24-19-10-8-18(23)9-11-19/h3-11,17H,12-16H2,1-2H3,(H,24,28)/t17-/m1/s1. The van der Waals surface area contributed by atoms with Crippen LogP contribution in [-0.4, -0.2) is 67.4 Å². The fourth-order valence-electron chi connectivity index (χ4n) is 3.46. The Morgan fingerprint density at radius 1 is 1.03 bits per heavy atom. The number of nitrogens with one attached hydrogen (secondary N) is 1. The molecule has 0 aliphatic carbocycles. The van der Waals surface area contributed by atoms with E-state index in [-0.39, 0.29) is 30.2 Å². The van der Waals surface area contributed by atoms with Crippen LogP contribution in [0.5, 0.6) is 0 Å². The number of hydrogen-bond acceptors (Lipinski definition) is 4. The maximum atomic E-state index is 12.9. The number of carbonyl (C=O) groups excluding carboxylic acids is 2. The summed E-state index contributed by atoms with van der Waals surface area (Å²) >= 11 is 0. The van der Waals surface area contributed by atoms with Crippen LogP contribution < -0.4 is 10.2 Å². The van der Waals surface area contributed by atoms with E-state index < -0.39 is 0 Å². The summed E-state index contributed by atoms with van der Waals surface area (Å²) in [6.07, 6.45) is 0. The zero-order valence-electron chi connectivity index (χ0n) is 16.8. The fraction of sp³-hybridized carbons (Fsp3) is 0.364. The highest BCUT2D eigenvalue weighted by atomic mass is 19.1. The molecule has 1 saturated heterocycles. The third-order valence-electron chi connectivity index (χ3n) is 5.28. The monoisotopic (exact) mass is 398 g/mol. The molecule has 3 rings (SSSR count). The summed E-state index contributed by atoms with van der Waals surface area (Å²) in [7, 11) is 1.80. The van der Waals surface area contributed by atoms with Crippen molar-refractivity contribution in [1.82, 2.24) is 9.80 Å². The average molecular weight is 398 g/mol. The summed E-state index contributed by atoms with van der Waals surface area (Å²) in [5.74, 6) is -0.405. The van der Waals surface area contributed by atoms with Crippen molar-refractivity contribution in [3.8, 4) is 0 Å². The van der Waals surface area contributed by atoms with E-state index in [1.54, 1.807) is 24.1 Å². The Hall–Kier alpha value is -2.77. The van der Waals surface area contributed by atoms with Crippen molar-refractivity contribution >= 4 is 23.2 Å². The molecule has 1 aliphatic heterocycles. The van der Waals surface area contributed by atoms with Crippen LogP contribution in [-0.2, 0) is 9.59 Å². The van der Waals surface area contributed by atoms with Gasteiger partial charge in [-0.3, -0.25) is 19.4 Å². The Bertz CT molecular complexity index is 820. The number of hydrogen-bond donors (Lipinski definition) is 1. The van der Waals surface area contributed by atoms with Gasteiger partial charge in [0.1, 0.15) is 5.82 Å². The van der Waals surface area contributed by atoms with E-state index in [1.165, 1.54) is 12.1 Å². The van der Waals surface area contributed by atoms with Gasteiger partial charge in [-0.15, -0.1) is 0 Å². The molecule has 1 heterocycles. The number of halogens is 1. The molecule has 1 fully saturated rings. The molecule has 0 radical (unpaired) electrons. The minimum atomic E-state index is -0.333. The molecule has 0 spiro atoms. The van der Waals surface area contributed by atoms with E-state index in [0.29, 0.717) is 18.8 Å². The topological polar surface area (TPSA) is 55.9 Å². The molecule has 0 bridgehead atoms. The van der Waals surface area contributed by atoms with Crippen LogP contribution in [0.25, 0.3) is 0 Å². The van der Waals surface area contributed by atoms with Crippen molar-refractivity contribution in [1.29, 1.82) is 0 Å². The molecule has 0 unspecified atom stereocenters. The van der Waals surface area contributed by atoms with Gasteiger partial charge >= 0.3 is 0 Å². The first kappa shape index (κ1) is 21.0. The first-order valence-electron chi connectivity index (χ1n) is 9.78. The smallest absolute Gasteiger partial charge is 0.243 e. The lowest BCUT2D eigenvalue weighted by molar-refractivity contribution is -0.124. The highest BCUT2D eigenvalue weighted by Gasteiger charge is 2.28. The number of amides is 2. The summed E-state index contributed by atoms with van der Waals surface area (Å²) in [4.78, 5) is 30.9.